The highest BCUT2D eigenvalue weighted by atomic mass is 35.5. The highest BCUT2D eigenvalue weighted by molar-refractivity contribution is 6.32. The Bertz CT molecular complexity index is 1150. The zero-order valence-electron chi connectivity index (χ0n) is 17.3. The predicted molar refractivity (Wildman–Crippen MR) is 122 cm³/mol. The van der Waals surface area contributed by atoms with Gasteiger partial charge in [0, 0.05) is 5.69 Å². The summed E-state index contributed by atoms with van der Waals surface area (Å²) in [6, 6.07) is 19.7. The molecule has 3 rings (SSSR count). The molecule has 0 saturated carbocycles. The van der Waals surface area contributed by atoms with E-state index in [-0.39, 0.29) is 18.0 Å². The molecule has 7 heteroatoms. The van der Waals surface area contributed by atoms with Gasteiger partial charge in [-0.3, -0.25) is 4.79 Å². The lowest BCUT2D eigenvalue weighted by molar-refractivity contribution is -0.112. The molecule has 0 atom stereocenters. The molecule has 5 nitrogen and oxygen atoms in total. The molecule has 0 bridgehead atoms. The summed E-state index contributed by atoms with van der Waals surface area (Å²) in [5.41, 5.74) is 1.84. The molecule has 0 aliphatic rings. The summed E-state index contributed by atoms with van der Waals surface area (Å²) in [7, 11) is 0. The SMILES string of the molecule is CCOc1ccc(NC(=O)/C(C#N)=C/c2ccc(OCc3ccc(F)cc3)c(Cl)c2)cc1. The summed E-state index contributed by atoms with van der Waals surface area (Å²) in [5, 5.41) is 12.4. The van der Waals surface area contributed by atoms with Crippen LogP contribution < -0.4 is 14.8 Å². The maximum atomic E-state index is 13.0. The molecule has 0 spiro atoms. The van der Waals surface area contributed by atoms with Crippen LogP contribution in [-0.2, 0) is 11.4 Å². The fourth-order valence-electron chi connectivity index (χ4n) is 2.78. The van der Waals surface area contributed by atoms with Crippen molar-refractivity contribution in [3.63, 3.8) is 0 Å². The minimum atomic E-state index is -0.538. The number of carbonyl (C=O) groups excluding carboxylic acids is 1. The van der Waals surface area contributed by atoms with E-state index in [1.165, 1.54) is 18.2 Å². The standard InChI is InChI=1S/C25H20ClFN2O3/c1-2-31-22-10-8-21(9-11-22)29-25(30)19(15-28)13-18-5-12-24(23(26)14-18)32-16-17-3-6-20(27)7-4-17/h3-14H,2,16H2,1H3,(H,29,30)/b19-13+. The normalized spacial score (nSPS) is 10.9. The Morgan fingerprint density at radius 2 is 1.81 bits per heavy atom. The third-order valence-electron chi connectivity index (χ3n) is 4.36. The van der Waals surface area contributed by atoms with Gasteiger partial charge in [-0.05, 0) is 72.7 Å². The molecule has 0 heterocycles. The van der Waals surface area contributed by atoms with E-state index in [0.29, 0.717) is 34.4 Å². The van der Waals surface area contributed by atoms with E-state index >= 15 is 0 Å². The highest BCUT2D eigenvalue weighted by Crippen LogP contribution is 2.27. The Kier molecular flexibility index (Phi) is 7.85. The van der Waals surface area contributed by atoms with E-state index in [1.54, 1.807) is 54.6 Å². The quantitative estimate of drug-likeness (QED) is 0.337. The second-order valence-electron chi connectivity index (χ2n) is 6.69. The van der Waals surface area contributed by atoms with Gasteiger partial charge in [-0.25, -0.2) is 4.39 Å². The molecule has 3 aromatic carbocycles. The molecule has 0 unspecified atom stereocenters. The monoisotopic (exact) mass is 450 g/mol. The van der Waals surface area contributed by atoms with Gasteiger partial charge >= 0.3 is 0 Å². The van der Waals surface area contributed by atoms with Crippen molar-refractivity contribution >= 4 is 29.3 Å². The van der Waals surface area contributed by atoms with Gasteiger partial charge in [-0.2, -0.15) is 5.26 Å². The van der Waals surface area contributed by atoms with Crippen LogP contribution in [0.4, 0.5) is 10.1 Å². The summed E-state index contributed by atoms with van der Waals surface area (Å²) in [4.78, 5) is 12.5. The van der Waals surface area contributed by atoms with Gasteiger partial charge in [0.05, 0.1) is 11.6 Å². The minimum Gasteiger partial charge on any atom is -0.494 e. The van der Waals surface area contributed by atoms with Crippen LogP contribution in [0.2, 0.25) is 5.02 Å². The topological polar surface area (TPSA) is 71.3 Å². The van der Waals surface area contributed by atoms with Crippen molar-refractivity contribution in [1.29, 1.82) is 5.26 Å². The zero-order valence-corrected chi connectivity index (χ0v) is 18.0. The fourth-order valence-corrected chi connectivity index (χ4v) is 3.02. The van der Waals surface area contributed by atoms with Crippen LogP contribution in [0, 0.1) is 17.1 Å². The third-order valence-corrected chi connectivity index (χ3v) is 4.66. The first-order valence-corrected chi connectivity index (χ1v) is 10.2. The maximum absolute atomic E-state index is 13.0. The predicted octanol–water partition coefficient (Wildman–Crippen LogP) is 6.00. The molecule has 0 aromatic heterocycles. The van der Waals surface area contributed by atoms with Gasteiger partial charge < -0.3 is 14.8 Å². The number of carbonyl (C=O) groups is 1. The molecule has 1 amide bonds. The van der Waals surface area contributed by atoms with Crippen molar-refractivity contribution in [1.82, 2.24) is 0 Å². The van der Waals surface area contributed by atoms with Gasteiger partial charge in [0.1, 0.15) is 35.6 Å². The second kappa shape index (κ2) is 11.0. The van der Waals surface area contributed by atoms with Gasteiger partial charge in [-0.15, -0.1) is 0 Å². The van der Waals surface area contributed by atoms with Crippen molar-refractivity contribution in [2.24, 2.45) is 0 Å². The lowest BCUT2D eigenvalue weighted by Crippen LogP contribution is -2.13. The Morgan fingerprint density at radius 3 is 2.44 bits per heavy atom. The van der Waals surface area contributed by atoms with E-state index in [1.807, 2.05) is 13.0 Å². The number of nitrogens with one attached hydrogen (secondary N) is 1. The number of benzene rings is 3. The Balaban J connectivity index is 1.66. The first kappa shape index (κ1) is 22.9. The van der Waals surface area contributed by atoms with Crippen molar-refractivity contribution < 1.29 is 18.7 Å². The van der Waals surface area contributed by atoms with E-state index < -0.39 is 5.91 Å². The zero-order chi connectivity index (χ0) is 22.9. The van der Waals surface area contributed by atoms with Crippen molar-refractivity contribution in [3.8, 4) is 17.6 Å². The number of amides is 1. The van der Waals surface area contributed by atoms with Gasteiger partial charge in [0.25, 0.3) is 5.91 Å². The highest BCUT2D eigenvalue weighted by Gasteiger charge is 2.11. The van der Waals surface area contributed by atoms with Crippen LogP contribution in [0.3, 0.4) is 0 Å². The summed E-state index contributed by atoms with van der Waals surface area (Å²) >= 11 is 6.29. The molecule has 162 valence electrons. The van der Waals surface area contributed by atoms with Crippen molar-refractivity contribution in [2.45, 2.75) is 13.5 Å². The number of ether oxygens (including phenoxy) is 2. The summed E-state index contributed by atoms with van der Waals surface area (Å²) in [6.45, 7) is 2.66. The Hall–Kier alpha value is -3.82. The molecule has 0 saturated heterocycles. The summed E-state index contributed by atoms with van der Waals surface area (Å²) in [6.07, 6.45) is 1.44. The molecule has 32 heavy (non-hydrogen) atoms. The number of rotatable bonds is 8. The van der Waals surface area contributed by atoms with Crippen molar-refractivity contribution in [3.05, 3.63) is 94.3 Å². The van der Waals surface area contributed by atoms with Crippen LogP contribution in [0.25, 0.3) is 6.08 Å². The van der Waals surface area contributed by atoms with E-state index in [9.17, 15) is 14.4 Å². The maximum Gasteiger partial charge on any atom is 0.266 e. The molecule has 0 aliphatic carbocycles. The summed E-state index contributed by atoms with van der Waals surface area (Å²) < 4.78 is 24.0. The average Bonchev–Trinajstić information content (AvgIpc) is 2.79. The second-order valence-corrected chi connectivity index (χ2v) is 7.09. The van der Waals surface area contributed by atoms with E-state index in [4.69, 9.17) is 21.1 Å². The van der Waals surface area contributed by atoms with Crippen molar-refractivity contribution in [2.75, 3.05) is 11.9 Å². The lowest BCUT2D eigenvalue weighted by atomic mass is 10.1. The number of anilines is 1. The van der Waals surface area contributed by atoms with Crippen LogP contribution in [0.15, 0.2) is 72.3 Å². The van der Waals surface area contributed by atoms with Gasteiger partial charge in [0.2, 0.25) is 0 Å². The average molecular weight is 451 g/mol. The number of hydrogen-bond donors (Lipinski definition) is 1. The van der Waals surface area contributed by atoms with Gasteiger partial charge in [-0.1, -0.05) is 29.8 Å². The van der Waals surface area contributed by atoms with Crippen LogP contribution in [0.5, 0.6) is 11.5 Å². The molecule has 0 radical (unpaired) electrons. The Labute approximate surface area is 190 Å². The van der Waals surface area contributed by atoms with E-state index in [0.717, 1.165) is 5.56 Å². The smallest absolute Gasteiger partial charge is 0.266 e. The van der Waals surface area contributed by atoms with Gasteiger partial charge in [0.15, 0.2) is 0 Å². The molecule has 1 N–H and O–H groups in total. The number of nitrogens with zero attached hydrogens (tertiary/aromatic N) is 1. The molecule has 0 fully saturated rings. The lowest BCUT2D eigenvalue weighted by Gasteiger charge is -2.09. The molecular formula is C25H20ClFN2O3. The number of halogens is 2. The molecule has 0 aliphatic heterocycles. The third kappa shape index (κ3) is 6.34. The molecule has 3 aromatic rings. The number of nitriles is 1. The first-order valence-electron chi connectivity index (χ1n) is 9.81. The fraction of sp³-hybridized carbons (Fsp3) is 0.120. The van der Waals surface area contributed by atoms with Crippen LogP contribution in [0.1, 0.15) is 18.1 Å². The molecular weight excluding hydrogens is 431 g/mol. The first-order chi connectivity index (χ1) is 15.5. The largest absolute Gasteiger partial charge is 0.494 e. The van der Waals surface area contributed by atoms with Crippen LogP contribution in [-0.4, -0.2) is 12.5 Å². The minimum absolute atomic E-state index is 0.0741. The number of hydrogen-bond acceptors (Lipinski definition) is 4. The van der Waals surface area contributed by atoms with Crippen LogP contribution >= 0.6 is 11.6 Å². The Morgan fingerprint density at radius 1 is 1.09 bits per heavy atom. The van der Waals surface area contributed by atoms with E-state index in [2.05, 4.69) is 5.32 Å². The summed E-state index contributed by atoms with van der Waals surface area (Å²) in [5.74, 6) is 0.274.